The summed E-state index contributed by atoms with van der Waals surface area (Å²) >= 11 is 0. The van der Waals surface area contributed by atoms with Gasteiger partial charge in [0.25, 0.3) is 5.91 Å². The molecule has 1 amide bonds. The summed E-state index contributed by atoms with van der Waals surface area (Å²) in [6.45, 7) is 0. The number of carbonyl (C=O) groups is 1. The number of para-hydroxylation sites is 1. The van der Waals surface area contributed by atoms with Gasteiger partial charge in [-0.2, -0.15) is 10.2 Å². The standard InChI is InChI=1S/C14H14N4O2/c19-13-4-2-1-3-10(13)8-15-18-14(20)12-7-11(16-17-12)9-5-6-9/h1-4,7-9,19H,5-6H2,(H,16,17)(H,18,20)/b15-8-. The maximum Gasteiger partial charge on any atom is 0.291 e. The Bertz CT molecular complexity index is 659. The number of phenolic OH excluding ortho intramolecular Hbond substituents is 1. The van der Waals surface area contributed by atoms with Crippen LogP contribution in [0.1, 0.15) is 40.5 Å². The minimum absolute atomic E-state index is 0.112. The van der Waals surface area contributed by atoms with Crippen LogP contribution in [0.3, 0.4) is 0 Å². The van der Waals surface area contributed by atoms with E-state index in [0.717, 1.165) is 18.5 Å². The number of H-pyrrole nitrogens is 1. The number of phenols is 1. The molecule has 2 aromatic rings. The summed E-state index contributed by atoms with van der Waals surface area (Å²) < 4.78 is 0. The van der Waals surface area contributed by atoms with E-state index in [4.69, 9.17) is 0 Å². The van der Waals surface area contributed by atoms with Gasteiger partial charge >= 0.3 is 0 Å². The van der Waals surface area contributed by atoms with Crippen LogP contribution in [0.5, 0.6) is 5.75 Å². The predicted molar refractivity (Wildman–Crippen MR) is 73.7 cm³/mol. The van der Waals surface area contributed by atoms with E-state index in [1.807, 2.05) is 0 Å². The summed E-state index contributed by atoms with van der Waals surface area (Å²) in [5, 5.41) is 20.2. The molecule has 0 unspecified atom stereocenters. The van der Waals surface area contributed by atoms with Crippen LogP contribution in [-0.2, 0) is 0 Å². The predicted octanol–water partition coefficient (Wildman–Crippen LogP) is 1.76. The molecule has 0 spiro atoms. The number of rotatable bonds is 4. The molecule has 0 saturated heterocycles. The number of benzene rings is 1. The number of hydrogen-bond acceptors (Lipinski definition) is 4. The first-order valence-corrected chi connectivity index (χ1v) is 6.41. The molecule has 3 rings (SSSR count). The minimum Gasteiger partial charge on any atom is -0.507 e. The Balaban J connectivity index is 1.62. The fourth-order valence-electron chi connectivity index (χ4n) is 1.87. The first kappa shape index (κ1) is 12.4. The Kier molecular flexibility index (Phi) is 3.20. The molecule has 0 atom stereocenters. The molecular weight excluding hydrogens is 256 g/mol. The largest absolute Gasteiger partial charge is 0.507 e. The molecule has 6 nitrogen and oxygen atoms in total. The van der Waals surface area contributed by atoms with Gasteiger partial charge in [-0.3, -0.25) is 9.89 Å². The second-order valence-electron chi connectivity index (χ2n) is 4.74. The lowest BCUT2D eigenvalue weighted by Gasteiger charge is -1.97. The average molecular weight is 270 g/mol. The molecule has 0 bridgehead atoms. The molecule has 1 aliphatic rings. The zero-order valence-corrected chi connectivity index (χ0v) is 10.7. The zero-order valence-electron chi connectivity index (χ0n) is 10.7. The lowest BCUT2D eigenvalue weighted by atomic mass is 10.2. The van der Waals surface area contributed by atoms with Crippen molar-refractivity contribution in [2.45, 2.75) is 18.8 Å². The smallest absolute Gasteiger partial charge is 0.291 e. The van der Waals surface area contributed by atoms with Crippen molar-refractivity contribution in [1.82, 2.24) is 15.6 Å². The van der Waals surface area contributed by atoms with E-state index in [9.17, 15) is 9.90 Å². The van der Waals surface area contributed by atoms with Gasteiger partial charge in [-0.1, -0.05) is 12.1 Å². The molecule has 3 N–H and O–H groups in total. The molecule has 1 saturated carbocycles. The maximum atomic E-state index is 11.8. The third kappa shape index (κ3) is 2.69. The van der Waals surface area contributed by atoms with E-state index in [1.54, 1.807) is 30.3 Å². The molecule has 1 heterocycles. The van der Waals surface area contributed by atoms with Gasteiger partial charge in [0.2, 0.25) is 0 Å². The number of hydrogen-bond donors (Lipinski definition) is 3. The van der Waals surface area contributed by atoms with E-state index in [2.05, 4.69) is 20.7 Å². The van der Waals surface area contributed by atoms with Crippen LogP contribution in [-0.4, -0.2) is 27.4 Å². The van der Waals surface area contributed by atoms with Gasteiger partial charge in [0.15, 0.2) is 5.69 Å². The highest BCUT2D eigenvalue weighted by Crippen LogP contribution is 2.38. The topological polar surface area (TPSA) is 90.4 Å². The number of nitrogens with one attached hydrogen (secondary N) is 2. The summed E-state index contributed by atoms with van der Waals surface area (Å²) in [7, 11) is 0. The Morgan fingerprint density at radius 1 is 1.45 bits per heavy atom. The van der Waals surface area contributed by atoms with E-state index < -0.39 is 0 Å². The van der Waals surface area contributed by atoms with Crippen molar-refractivity contribution in [3.8, 4) is 5.75 Å². The molecule has 102 valence electrons. The quantitative estimate of drug-likeness (QED) is 0.584. The fourth-order valence-corrected chi connectivity index (χ4v) is 1.87. The molecule has 1 aromatic carbocycles. The summed E-state index contributed by atoms with van der Waals surface area (Å²) in [4.78, 5) is 11.8. The third-order valence-electron chi connectivity index (χ3n) is 3.15. The fraction of sp³-hybridized carbons (Fsp3) is 0.214. The van der Waals surface area contributed by atoms with Gasteiger partial charge in [-0.05, 0) is 31.0 Å². The van der Waals surface area contributed by atoms with Crippen LogP contribution in [0, 0.1) is 0 Å². The number of nitrogens with zero attached hydrogens (tertiary/aromatic N) is 2. The normalized spacial score (nSPS) is 14.6. The Morgan fingerprint density at radius 2 is 2.25 bits per heavy atom. The van der Waals surface area contributed by atoms with Crippen molar-refractivity contribution in [2.24, 2.45) is 5.10 Å². The van der Waals surface area contributed by atoms with Gasteiger partial charge in [0.1, 0.15) is 5.75 Å². The van der Waals surface area contributed by atoms with Crippen LogP contribution >= 0.6 is 0 Å². The van der Waals surface area contributed by atoms with Crippen molar-refractivity contribution in [1.29, 1.82) is 0 Å². The zero-order chi connectivity index (χ0) is 13.9. The lowest BCUT2D eigenvalue weighted by Crippen LogP contribution is -2.18. The minimum atomic E-state index is -0.375. The van der Waals surface area contributed by atoms with Crippen LogP contribution in [0.15, 0.2) is 35.4 Å². The van der Waals surface area contributed by atoms with Crippen LogP contribution in [0.2, 0.25) is 0 Å². The SMILES string of the molecule is O=C(N/N=C\c1ccccc1O)c1cc(C2CC2)[nH]n1. The second kappa shape index (κ2) is 5.16. The summed E-state index contributed by atoms with van der Waals surface area (Å²) in [5.74, 6) is 0.259. The summed E-state index contributed by atoms with van der Waals surface area (Å²) in [6, 6.07) is 8.50. The number of aromatic nitrogens is 2. The van der Waals surface area contributed by atoms with Gasteiger partial charge in [-0.15, -0.1) is 0 Å². The van der Waals surface area contributed by atoms with Crippen LogP contribution in [0.25, 0.3) is 0 Å². The molecule has 20 heavy (non-hydrogen) atoms. The van der Waals surface area contributed by atoms with Gasteiger partial charge < -0.3 is 5.11 Å². The van der Waals surface area contributed by atoms with E-state index in [-0.39, 0.29) is 11.7 Å². The molecule has 1 fully saturated rings. The van der Waals surface area contributed by atoms with E-state index in [1.165, 1.54) is 6.21 Å². The number of aromatic amines is 1. The van der Waals surface area contributed by atoms with Crippen molar-refractivity contribution >= 4 is 12.1 Å². The highest BCUT2D eigenvalue weighted by atomic mass is 16.3. The number of hydrazone groups is 1. The van der Waals surface area contributed by atoms with Crippen molar-refractivity contribution in [2.75, 3.05) is 0 Å². The van der Waals surface area contributed by atoms with Gasteiger partial charge in [0.05, 0.1) is 6.21 Å². The van der Waals surface area contributed by atoms with Crippen molar-refractivity contribution in [3.05, 3.63) is 47.3 Å². The molecular formula is C14H14N4O2. The molecule has 0 radical (unpaired) electrons. The lowest BCUT2D eigenvalue weighted by molar-refractivity contribution is 0.0950. The third-order valence-corrected chi connectivity index (χ3v) is 3.15. The first-order valence-electron chi connectivity index (χ1n) is 6.41. The summed E-state index contributed by atoms with van der Waals surface area (Å²) in [6.07, 6.45) is 3.69. The highest BCUT2D eigenvalue weighted by molar-refractivity contribution is 5.93. The molecule has 1 aliphatic carbocycles. The number of carbonyl (C=O) groups excluding carboxylic acids is 1. The molecule has 1 aromatic heterocycles. The van der Waals surface area contributed by atoms with Crippen LogP contribution < -0.4 is 5.43 Å². The maximum absolute atomic E-state index is 11.8. The molecule has 0 aliphatic heterocycles. The average Bonchev–Trinajstić information content (AvgIpc) is 3.18. The van der Waals surface area contributed by atoms with Gasteiger partial charge in [-0.25, -0.2) is 5.43 Å². The van der Waals surface area contributed by atoms with Crippen molar-refractivity contribution < 1.29 is 9.90 Å². The Hall–Kier alpha value is -2.63. The highest BCUT2D eigenvalue weighted by Gasteiger charge is 2.26. The monoisotopic (exact) mass is 270 g/mol. The van der Waals surface area contributed by atoms with Gasteiger partial charge in [0, 0.05) is 17.2 Å². The summed E-state index contributed by atoms with van der Waals surface area (Å²) in [5.41, 5.74) is 4.24. The second-order valence-corrected chi connectivity index (χ2v) is 4.74. The Morgan fingerprint density at radius 3 is 3.00 bits per heavy atom. The molecule has 6 heteroatoms. The van der Waals surface area contributed by atoms with Crippen molar-refractivity contribution in [3.63, 3.8) is 0 Å². The first-order chi connectivity index (χ1) is 9.74. The number of amides is 1. The van der Waals surface area contributed by atoms with E-state index >= 15 is 0 Å². The Labute approximate surface area is 115 Å². The number of aromatic hydroxyl groups is 1. The van der Waals surface area contributed by atoms with Crippen LogP contribution in [0.4, 0.5) is 0 Å². The van der Waals surface area contributed by atoms with E-state index in [0.29, 0.717) is 17.2 Å².